The zero-order valence-corrected chi connectivity index (χ0v) is 24.5. The maximum absolute atomic E-state index is 14.8. The van der Waals surface area contributed by atoms with Crippen molar-refractivity contribution in [1.82, 2.24) is 14.9 Å². The van der Waals surface area contributed by atoms with E-state index in [4.69, 9.17) is 20.2 Å². The van der Waals surface area contributed by atoms with Crippen LogP contribution in [0.15, 0.2) is 12.1 Å². The number of nitrogens with two attached hydrogens (primary N) is 1. The highest BCUT2D eigenvalue weighted by molar-refractivity contribution is 5.64. The molecule has 5 heterocycles. The van der Waals surface area contributed by atoms with Crippen molar-refractivity contribution in [2.24, 2.45) is 0 Å². The quantitative estimate of drug-likeness (QED) is 0.493. The molecule has 6 atom stereocenters. The van der Waals surface area contributed by atoms with Crippen molar-refractivity contribution in [3.8, 4) is 12.1 Å². The molecule has 3 N–H and O–H groups in total. The van der Waals surface area contributed by atoms with Gasteiger partial charge in [-0.1, -0.05) is 13.0 Å². The summed E-state index contributed by atoms with van der Waals surface area (Å²) in [5, 5.41) is 20.0. The van der Waals surface area contributed by atoms with Gasteiger partial charge in [-0.15, -0.1) is 0 Å². The standard InChI is InChI=1S/C31H37F3N6O3/c1-17-6-8-30(26-20(17)4-5-23(36)21(26)12-35)11-24-22(15-43-30)27(40-18(2)31(33,34)25(40)14-41)38-28(37-24)42-16-29-7-3-9-39(29)13-19(32)10-29/h4-5,17-19,25,41H,3,6-11,13-16,36H2,1-2H3/t17-,18+,19+,25?,29?,30-/m0/s1. The summed E-state index contributed by atoms with van der Waals surface area (Å²) in [6, 6.07) is 3.38. The van der Waals surface area contributed by atoms with Gasteiger partial charge < -0.3 is 25.2 Å². The Balaban J connectivity index is 1.30. The number of nitriles is 1. The lowest BCUT2D eigenvalue weighted by Crippen LogP contribution is -2.73. The summed E-state index contributed by atoms with van der Waals surface area (Å²) in [6.45, 7) is 4.18. The van der Waals surface area contributed by atoms with Crippen molar-refractivity contribution >= 4 is 11.5 Å². The van der Waals surface area contributed by atoms with Crippen LogP contribution in [-0.4, -0.2) is 76.0 Å². The Kier molecular flexibility index (Phi) is 6.62. The number of hydrogen-bond donors (Lipinski definition) is 2. The number of aromatic nitrogens is 2. The van der Waals surface area contributed by atoms with Gasteiger partial charge >= 0.3 is 6.01 Å². The van der Waals surface area contributed by atoms with Crippen LogP contribution >= 0.6 is 0 Å². The molecule has 2 aromatic rings. The molecule has 2 unspecified atom stereocenters. The van der Waals surface area contributed by atoms with Gasteiger partial charge in [-0.25, -0.2) is 13.2 Å². The average Bonchev–Trinajstić information content (AvgIpc) is 3.51. The molecule has 43 heavy (non-hydrogen) atoms. The second-order valence-corrected chi connectivity index (χ2v) is 13.1. The van der Waals surface area contributed by atoms with E-state index in [-0.39, 0.29) is 37.4 Å². The summed E-state index contributed by atoms with van der Waals surface area (Å²) >= 11 is 0. The van der Waals surface area contributed by atoms with Crippen molar-refractivity contribution in [2.45, 2.75) is 100 Å². The van der Waals surface area contributed by atoms with Gasteiger partial charge in [0.05, 0.1) is 36.1 Å². The molecule has 1 aromatic carbocycles. The molecule has 3 fully saturated rings. The Labute approximate surface area is 248 Å². The number of rotatable bonds is 5. The number of benzene rings is 1. The molecule has 9 nitrogen and oxygen atoms in total. The van der Waals surface area contributed by atoms with Crippen molar-refractivity contribution in [3.63, 3.8) is 0 Å². The number of aliphatic hydroxyl groups excluding tert-OH is 1. The van der Waals surface area contributed by atoms with Gasteiger partial charge in [0.15, 0.2) is 0 Å². The normalized spacial score (nSPS) is 34.3. The molecule has 1 aromatic heterocycles. The number of ether oxygens (including phenoxy) is 2. The molecule has 12 heteroatoms. The van der Waals surface area contributed by atoms with Crippen LogP contribution in [0.5, 0.6) is 6.01 Å². The number of hydrogen-bond acceptors (Lipinski definition) is 9. The van der Waals surface area contributed by atoms with Gasteiger partial charge in [0.2, 0.25) is 0 Å². The third-order valence-electron chi connectivity index (χ3n) is 10.7. The molecule has 0 bridgehead atoms. The van der Waals surface area contributed by atoms with Gasteiger partial charge in [0, 0.05) is 36.2 Å². The minimum atomic E-state index is -3.11. The zero-order chi connectivity index (χ0) is 30.3. The fourth-order valence-electron chi connectivity index (χ4n) is 8.33. The van der Waals surface area contributed by atoms with E-state index in [1.54, 1.807) is 6.07 Å². The fraction of sp³-hybridized carbons (Fsp3) is 0.645. The Bertz CT molecular complexity index is 1500. The number of halogens is 3. The predicted octanol–water partition coefficient (Wildman–Crippen LogP) is 3.96. The van der Waals surface area contributed by atoms with Crippen LogP contribution < -0.4 is 15.4 Å². The predicted molar refractivity (Wildman–Crippen MR) is 152 cm³/mol. The summed E-state index contributed by atoms with van der Waals surface area (Å²) in [6.07, 6.45) is 2.93. The first kappa shape index (κ1) is 28.6. The molecular formula is C31H37F3N6O3. The van der Waals surface area contributed by atoms with Gasteiger partial charge in [0.1, 0.15) is 36.3 Å². The van der Waals surface area contributed by atoms with E-state index < -0.39 is 41.9 Å². The summed E-state index contributed by atoms with van der Waals surface area (Å²) in [7, 11) is 0. The molecule has 3 saturated heterocycles. The number of alkyl halides is 3. The largest absolute Gasteiger partial charge is 0.461 e. The second kappa shape index (κ2) is 9.94. The second-order valence-electron chi connectivity index (χ2n) is 13.1. The third kappa shape index (κ3) is 4.15. The highest BCUT2D eigenvalue weighted by Gasteiger charge is 2.62. The average molecular weight is 599 g/mol. The number of nitrogens with zero attached hydrogens (tertiary/aromatic N) is 5. The summed E-state index contributed by atoms with van der Waals surface area (Å²) < 4.78 is 56.9. The van der Waals surface area contributed by atoms with E-state index >= 15 is 0 Å². The smallest absolute Gasteiger partial charge is 0.318 e. The molecule has 0 saturated carbocycles. The molecule has 1 spiro atoms. The maximum atomic E-state index is 14.8. The first-order chi connectivity index (χ1) is 20.5. The van der Waals surface area contributed by atoms with E-state index in [9.17, 15) is 23.5 Å². The molecule has 230 valence electrons. The van der Waals surface area contributed by atoms with E-state index in [0.717, 1.165) is 36.9 Å². The van der Waals surface area contributed by atoms with Crippen LogP contribution in [0.1, 0.15) is 79.8 Å². The fourth-order valence-corrected chi connectivity index (χ4v) is 8.33. The van der Waals surface area contributed by atoms with E-state index in [0.29, 0.717) is 41.9 Å². The molecular weight excluding hydrogens is 561 g/mol. The van der Waals surface area contributed by atoms with E-state index in [1.165, 1.54) is 11.8 Å². The molecule has 0 amide bonds. The van der Waals surface area contributed by atoms with Crippen molar-refractivity contribution in [2.75, 3.05) is 36.9 Å². The number of aliphatic hydroxyl groups is 1. The maximum Gasteiger partial charge on any atom is 0.318 e. The minimum Gasteiger partial charge on any atom is -0.461 e. The van der Waals surface area contributed by atoms with E-state index in [1.807, 2.05) is 6.07 Å². The lowest BCUT2D eigenvalue weighted by atomic mass is 9.69. The minimum absolute atomic E-state index is 0.0333. The van der Waals surface area contributed by atoms with Gasteiger partial charge in [-0.05, 0) is 56.7 Å². The Hall–Kier alpha value is -3.14. The zero-order valence-electron chi connectivity index (χ0n) is 24.5. The number of anilines is 2. The lowest BCUT2D eigenvalue weighted by molar-refractivity contribution is -0.121. The van der Waals surface area contributed by atoms with Crippen LogP contribution in [0.3, 0.4) is 0 Å². The Morgan fingerprint density at radius 1 is 1.26 bits per heavy atom. The first-order valence-electron chi connectivity index (χ1n) is 15.2. The topological polar surface area (TPSA) is 121 Å². The van der Waals surface area contributed by atoms with Crippen LogP contribution in [-0.2, 0) is 23.4 Å². The Morgan fingerprint density at radius 3 is 2.84 bits per heavy atom. The first-order valence-corrected chi connectivity index (χ1v) is 15.2. The van der Waals surface area contributed by atoms with Gasteiger partial charge in [0.25, 0.3) is 5.92 Å². The molecule has 1 aliphatic carbocycles. The summed E-state index contributed by atoms with van der Waals surface area (Å²) in [4.78, 5) is 13.0. The summed E-state index contributed by atoms with van der Waals surface area (Å²) in [5.41, 5.74) is 8.63. The molecule has 7 rings (SSSR count). The lowest BCUT2D eigenvalue weighted by Gasteiger charge is -2.54. The monoisotopic (exact) mass is 598 g/mol. The molecule has 5 aliphatic rings. The van der Waals surface area contributed by atoms with Crippen LogP contribution in [0.25, 0.3) is 0 Å². The van der Waals surface area contributed by atoms with E-state index in [2.05, 4.69) is 22.9 Å². The number of nitrogen functional groups attached to an aromatic ring is 1. The SMILES string of the molecule is C[C@H]1CC[C@]2(Cc3nc(OCC45CCCN4C[C@H](F)C5)nc(N4C(CO)C(F)(F)[C@H]4C)c3CO2)c2c1ccc(N)c2C#N. The van der Waals surface area contributed by atoms with Crippen molar-refractivity contribution in [3.05, 3.63) is 40.1 Å². The van der Waals surface area contributed by atoms with Crippen LogP contribution in [0.2, 0.25) is 0 Å². The third-order valence-corrected chi connectivity index (χ3v) is 10.7. The molecule has 0 radical (unpaired) electrons. The van der Waals surface area contributed by atoms with Gasteiger partial charge in [-0.3, -0.25) is 4.90 Å². The van der Waals surface area contributed by atoms with Crippen LogP contribution in [0, 0.1) is 11.3 Å². The summed E-state index contributed by atoms with van der Waals surface area (Å²) in [5.74, 6) is -2.65. The van der Waals surface area contributed by atoms with Crippen molar-refractivity contribution < 1.29 is 27.8 Å². The van der Waals surface area contributed by atoms with Crippen LogP contribution in [0.4, 0.5) is 24.7 Å². The van der Waals surface area contributed by atoms with Crippen molar-refractivity contribution in [1.29, 1.82) is 5.26 Å². The van der Waals surface area contributed by atoms with Gasteiger partial charge in [-0.2, -0.15) is 15.2 Å². The highest BCUT2D eigenvalue weighted by atomic mass is 19.3. The highest BCUT2D eigenvalue weighted by Crippen LogP contribution is 2.52. The molecule has 4 aliphatic heterocycles. The number of fused-ring (bicyclic) bond motifs is 4. The Morgan fingerprint density at radius 2 is 2.07 bits per heavy atom.